The lowest BCUT2D eigenvalue weighted by atomic mass is 9.96. The van der Waals surface area contributed by atoms with Gasteiger partial charge < -0.3 is 0 Å². The summed E-state index contributed by atoms with van der Waals surface area (Å²) in [6.45, 7) is 5.74. The zero-order valence-electron chi connectivity index (χ0n) is 10.4. The van der Waals surface area contributed by atoms with Gasteiger partial charge in [0.05, 0.1) is 0 Å². The molecule has 0 heterocycles. The molecular formula is C16H16O. The van der Waals surface area contributed by atoms with Crippen molar-refractivity contribution in [3.63, 3.8) is 0 Å². The van der Waals surface area contributed by atoms with Crippen LogP contribution < -0.4 is 0 Å². The average Bonchev–Trinajstić information content (AvgIpc) is 2.31. The molecule has 2 rings (SSSR count). The maximum absolute atomic E-state index is 11.4. The van der Waals surface area contributed by atoms with Crippen LogP contribution in [0.3, 0.4) is 0 Å². The first kappa shape index (κ1) is 11.6. The smallest absolute Gasteiger partial charge is 0.159 e. The molecule has 0 N–H and O–H groups in total. The molecule has 0 aliphatic carbocycles. The molecule has 0 bridgehead atoms. The summed E-state index contributed by atoms with van der Waals surface area (Å²) in [7, 11) is 0. The Balaban J connectivity index is 2.54. The van der Waals surface area contributed by atoms with Gasteiger partial charge >= 0.3 is 0 Å². The summed E-state index contributed by atoms with van der Waals surface area (Å²) in [6, 6.07) is 14.2. The van der Waals surface area contributed by atoms with E-state index in [1.54, 1.807) is 6.92 Å². The van der Waals surface area contributed by atoms with Gasteiger partial charge in [-0.25, -0.2) is 0 Å². The lowest BCUT2D eigenvalue weighted by Crippen LogP contribution is -1.94. The zero-order chi connectivity index (χ0) is 12.4. The Morgan fingerprint density at radius 2 is 1.59 bits per heavy atom. The molecular weight excluding hydrogens is 208 g/mol. The van der Waals surface area contributed by atoms with Crippen LogP contribution in [0.5, 0.6) is 0 Å². The van der Waals surface area contributed by atoms with Crippen LogP contribution in [0.25, 0.3) is 11.1 Å². The third kappa shape index (κ3) is 2.44. The van der Waals surface area contributed by atoms with Gasteiger partial charge in [0, 0.05) is 5.56 Å². The molecule has 0 aliphatic rings. The van der Waals surface area contributed by atoms with E-state index >= 15 is 0 Å². The molecule has 0 saturated heterocycles. The third-order valence-electron chi connectivity index (χ3n) is 3.01. The van der Waals surface area contributed by atoms with Crippen LogP contribution in [-0.4, -0.2) is 5.78 Å². The molecule has 2 aromatic rings. The van der Waals surface area contributed by atoms with Crippen LogP contribution in [0, 0.1) is 13.8 Å². The van der Waals surface area contributed by atoms with Crippen molar-refractivity contribution in [1.82, 2.24) is 0 Å². The second kappa shape index (κ2) is 4.54. The zero-order valence-corrected chi connectivity index (χ0v) is 10.4. The van der Waals surface area contributed by atoms with E-state index in [9.17, 15) is 4.79 Å². The number of aryl methyl sites for hydroxylation is 2. The largest absolute Gasteiger partial charge is 0.295 e. The van der Waals surface area contributed by atoms with Crippen LogP contribution in [-0.2, 0) is 0 Å². The molecule has 1 nitrogen and oxygen atoms in total. The molecule has 0 amide bonds. The van der Waals surface area contributed by atoms with Gasteiger partial charge in [-0.2, -0.15) is 0 Å². The van der Waals surface area contributed by atoms with Gasteiger partial charge in [-0.3, -0.25) is 4.79 Å². The normalized spacial score (nSPS) is 10.3. The van der Waals surface area contributed by atoms with Crippen LogP contribution in [0.2, 0.25) is 0 Å². The predicted molar refractivity (Wildman–Crippen MR) is 71.4 cm³/mol. The average molecular weight is 224 g/mol. The molecule has 86 valence electrons. The number of benzene rings is 2. The lowest BCUT2D eigenvalue weighted by Gasteiger charge is -2.08. The molecule has 0 spiro atoms. The predicted octanol–water partition coefficient (Wildman–Crippen LogP) is 4.17. The number of hydrogen-bond acceptors (Lipinski definition) is 1. The lowest BCUT2D eigenvalue weighted by molar-refractivity contribution is 0.101. The van der Waals surface area contributed by atoms with Crippen molar-refractivity contribution in [3.8, 4) is 11.1 Å². The summed E-state index contributed by atoms with van der Waals surface area (Å²) in [5.41, 5.74) is 5.51. The van der Waals surface area contributed by atoms with E-state index in [1.807, 2.05) is 18.2 Å². The third-order valence-corrected chi connectivity index (χ3v) is 3.01. The Kier molecular flexibility index (Phi) is 3.10. The fourth-order valence-corrected chi connectivity index (χ4v) is 1.89. The first-order valence-electron chi connectivity index (χ1n) is 5.76. The summed E-state index contributed by atoms with van der Waals surface area (Å²) in [5.74, 6) is 0.110. The fraction of sp³-hybridized carbons (Fsp3) is 0.188. The highest BCUT2D eigenvalue weighted by Crippen LogP contribution is 2.25. The number of carbonyl (C=O) groups excluding carboxylic acids is 1. The van der Waals surface area contributed by atoms with Crippen molar-refractivity contribution in [1.29, 1.82) is 0 Å². The molecule has 0 unspecified atom stereocenters. The van der Waals surface area contributed by atoms with E-state index in [0.717, 1.165) is 16.7 Å². The minimum absolute atomic E-state index is 0.110. The second-order valence-corrected chi connectivity index (χ2v) is 4.45. The molecule has 0 aromatic heterocycles. The summed E-state index contributed by atoms with van der Waals surface area (Å²) >= 11 is 0. The van der Waals surface area contributed by atoms with E-state index < -0.39 is 0 Å². The minimum Gasteiger partial charge on any atom is -0.295 e. The van der Waals surface area contributed by atoms with Crippen molar-refractivity contribution in [3.05, 3.63) is 59.2 Å². The van der Waals surface area contributed by atoms with Crippen LogP contribution in [0.15, 0.2) is 42.5 Å². The van der Waals surface area contributed by atoms with Gasteiger partial charge in [-0.15, -0.1) is 0 Å². The van der Waals surface area contributed by atoms with Crippen LogP contribution in [0.1, 0.15) is 28.4 Å². The summed E-state index contributed by atoms with van der Waals surface area (Å²) in [5, 5.41) is 0. The van der Waals surface area contributed by atoms with Gasteiger partial charge in [-0.1, -0.05) is 42.0 Å². The van der Waals surface area contributed by atoms with E-state index in [2.05, 4.69) is 38.1 Å². The Hall–Kier alpha value is -1.89. The van der Waals surface area contributed by atoms with E-state index in [1.165, 1.54) is 11.1 Å². The number of carbonyl (C=O) groups is 1. The molecule has 2 aromatic carbocycles. The first-order valence-corrected chi connectivity index (χ1v) is 5.76. The molecule has 0 atom stereocenters. The first-order chi connectivity index (χ1) is 8.08. The maximum Gasteiger partial charge on any atom is 0.159 e. The number of hydrogen-bond donors (Lipinski definition) is 0. The van der Waals surface area contributed by atoms with Gasteiger partial charge in [0.1, 0.15) is 0 Å². The Labute approximate surface area is 102 Å². The summed E-state index contributed by atoms with van der Waals surface area (Å²) in [6.07, 6.45) is 0. The van der Waals surface area contributed by atoms with Gasteiger partial charge in [0.2, 0.25) is 0 Å². The van der Waals surface area contributed by atoms with Crippen molar-refractivity contribution in [2.45, 2.75) is 20.8 Å². The van der Waals surface area contributed by atoms with E-state index in [-0.39, 0.29) is 5.78 Å². The molecule has 17 heavy (non-hydrogen) atoms. The molecule has 0 radical (unpaired) electrons. The van der Waals surface area contributed by atoms with Gasteiger partial charge in [0.15, 0.2) is 5.78 Å². The van der Waals surface area contributed by atoms with E-state index in [4.69, 9.17) is 0 Å². The number of rotatable bonds is 2. The SMILES string of the molecule is CC(=O)c1ccc(C)c(-c2ccc(C)cc2)c1. The molecule has 1 heteroatoms. The second-order valence-electron chi connectivity index (χ2n) is 4.45. The monoisotopic (exact) mass is 224 g/mol. The Morgan fingerprint density at radius 3 is 2.18 bits per heavy atom. The van der Waals surface area contributed by atoms with Crippen LogP contribution in [0.4, 0.5) is 0 Å². The summed E-state index contributed by atoms with van der Waals surface area (Å²) in [4.78, 5) is 11.4. The maximum atomic E-state index is 11.4. The molecule has 0 aliphatic heterocycles. The topological polar surface area (TPSA) is 17.1 Å². The Bertz CT molecular complexity index is 550. The fourth-order valence-electron chi connectivity index (χ4n) is 1.89. The van der Waals surface area contributed by atoms with Gasteiger partial charge in [0.25, 0.3) is 0 Å². The van der Waals surface area contributed by atoms with Crippen molar-refractivity contribution >= 4 is 5.78 Å². The van der Waals surface area contributed by atoms with Crippen molar-refractivity contribution in [2.75, 3.05) is 0 Å². The number of ketones is 1. The van der Waals surface area contributed by atoms with Crippen LogP contribution >= 0.6 is 0 Å². The van der Waals surface area contributed by atoms with Crippen molar-refractivity contribution < 1.29 is 4.79 Å². The van der Waals surface area contributed by atoms with Crippen molar-refractivity contribution in [2.24, 2.45) is 0 Å². The highest BCUT2D eigenvalue weighted by molar-refractivity contribution is 5.95. The summed E-state index contributed by atoms with van der Waals surface area (Å²) < 4.78 is 0. The molecule has 0 fully saturated rings. The van der Waals surface area contributed by atoms with Gasteiger partial charge in [-0.05, 0) is 43.5 Å². The minimum atomic E-state index is 0.110. The quantitative estimate of drug-likeness (QED) is 0.699. The highest BCUT2D eigenvalue weighted by Gasteiger charge is 2.05. The highest BCUT2D eigenvalue weighted by atomic mass is 16.1. The van der Waals surface area contributed by atoms with E-state index in [0.29, 0.717) is 0 Å². The Morgan fingerprint density at radius 1 is 0.941 bits per heavy atom. The standard InChI is InChI=1S/C16H16O/c1-11-4-7-14(8-5-11)16-10-15(13(3)17)9-6-12(16)2/h4-10H,1-3H3. The number of Topliss-reactive ketones (excluding diaryl/α,β-unsaturated/α-hetero) is 1. The molecule has 0 saturated carbocycles.